The summed E-state index contributed by atoms with van der Waals surface area (Å²) < 4.78 is 8.30. The molecule has 1 aromatic carbocycles. The predicted molar refractivity (Wildman–Crippen MR) is 106 cm³/mol. The Kier molecular flexibility index (Phi) is 6.16. The number of nitrogens with one attached hydrogen (secondary N) is 1. The van der Waals surface area contributed by atoms with Crippen LogP contribution < -0.4 is 5.32 Å². The van der Waals surface area contributed by atoms with Crippen LogP contribution in [0.4, 0.5) is 5.69 Å². The van der Waals surface area contributed by atoms with Crippen LogP contribution in [0.5, 0.6) is 0 Å². The molecule has 0 saturated heterocycles. The Morgan fingerprint density at radius 1 is 1.27 bits per heavy atom. The third-order valence-electron chi connectivity index (χ3n) is 3.49. The molecule has 0 bridgehead atoms. The molecule has 6 nitrogen and oxygen atoms in total. The summed E-state index contributed by atoms with van der Waals surface area (Å²) in [5.74, 6) is 1.91. The van der Waals surface area contributed by atoms with Gasteiger partial charge in [-0.15, -0.1) is 10.2 Å². The molecule has 0 atom stereocenters. The van der Waals surface area contributed by atoms with E-state index in [-0.39, 0.29) is 11.7 Å². The number of amides is 1. The zero-order valence-electron chi connectivity index (χ0n) is 14.5. The van der Waals surface area contributed by atoms with Crippen LogP contribution in [0.3, 0.4) is 0 Å². The summed E-state index contributed by atoms with van der Waals surface area (Å²) in [5.41, 5.74) is 0.748. The molecule has 1 amide bonds. The molecule has 0 aliphatic rings. The van der Waals surface area contributed by atoms with Crippen LogP contribution in [0.15, 0.2) is 56.7 Å². The lowest BCUT2D eigenvalue weighted by Crippen LogP contribution is -2.15. The van der Waals surface area contributed by atoms with Crippen molar-refractivity contribution >= 4 is 39.3 Å². The topological polar surface area (TPSA) is 73.0 Å². The van der Waals surface area contributed by atoms with Gasteiger partial charge in [0.2, 0.25) is 5.91 Å². The molecular formula is C18H19BrN4O2S. The number of carbonyl (C=O) groups is 1. The predicted octanol–water partition coefficient (Wildman–Crippen LogP) is 4.69. The summed E-state index contributed by atoms with van der Waals surface area (Å²) in [6.07, 6.45) is 1.61. The largest absolute Gasteiger partial charge is 0.461 e. The number of hydrogen-bond donors (Lipinski definition) is 1. The molecule has 0 unspecified atom stereocenters. The van der Waals surface area contributed by atoms with Gasteiger partial charge >= 0.3 is 0 Å². The lowest BCUT2D eigenvalue weighted by Gasteiger charge is -2.11. The van der Waals surface area contributed by atoms with E-state index in [9.17, 15) is 4.79 Å². The number of hydrogen-bond acceptors (Lipinski definition) is 5. The number of halogens is 1. The van der Waals surface area contributed by atoms with Crippen LogP contribution in [0.2, 0.25) is 0 Å². The van der Waals surface area contributed by atoms with Crippen LogP contribution in [-0.4, -0.2) is 26.4 Å². The SMILES string of the molecule is CC(C)Cn1c(SCC(=O)Nc2ccccc2Br)nnc1-c1ccco1. The fraction of sp³-hybridized carbons (Fsp3) is 0.278. The number of thioether (sulfide) groups is 1. The summed E-state index contributed by atoms with van der Waals surface area (Å²) in [6, 6.07) is 11.2. The second-order valence-corrected chi connectivity index (χ2v) is 7.90. The Labute approximate surface area is 164 Å². The quantitative estimate of drug-likeness (QED) is 0.546. The van der Waals surface area contributed by atoms with Crippen molar-refractivity contribution in [2.75, 3.05) is 11.1 Å². The zero-order valence-corrected chi connectivity index (χ0v) is 16.9. The van der Waals surface area contributed by atoms with Gasteiger partial charge in [0.05, 0.1) is 17.7 Å². The first-order valence-corrected chi connectivity index (χ1v) is 9.96. The highest BCUT2D eigenvalue weighted by atomic mass is 79.9. The van der Waals surface area contributed by atoms with Gasteiger partial charge in [-0.05, 0) is 46.1 Å². The summed E-state index contributed by atoms with van der Waals surface area (Å²) in [5, 5.41) is 12.1. The first kappa shape index (κ1) is 18.7. The van der Waals surface area contributed by atoms with Gasteiger partial charge in [0.15, 0.2) is 16.7 Å². The van der Waals surface area contributed by atoms with Gasteiger partial charge in [0.1, 0.15) is 0 Å². The fourth-order valence-electron chi connectivity index (χ4n) is 2.39. The molecule has 136 valence electrons. The smallest absolute Gasteiger partial charge is 0.234 e. The number of aromatic nitrogens is 3. The third kappa shape index (κ3) is 4.56. The maximum Gasteiger partial charge on any atom is 0.234 e. The molecular weight excluding hydrogens is 416 g/mol. The molecule has 0 aliphatic carbocycles. The first-order chi connectivity index (χ1) is 12.5. The molecule has 2 aromatic heterocycles. The summed E-state index contributed by atoms with van der Waals surface area (Å²) in [6.45, 7) is 5.00. The minimum Gasteiger partial charge on any atom is -0.461 e. The molecule has 2 heterocycles. The number of anilines is 1. The van der Waals surface area contributed by atoms with Crippen LogP contribution in [0.1, 0.15) is 13.8 Å². The third-order valence-corrected chi connectivity index (χ3v) is 5.14. The zero-order chi connectivity index (χ0) is 18.5. The number of rotatable bonds is 7. The monoisotopic (exact) mass is 434 g/mol. The first-order valence-electron chi connectivity index (χ1n) is 8.19. The minimum absolute atomic E-state index is 0.0967. The van der Waals surface area contributed by atoms with Gasteiger partial charge < -0.3 is 9.73 Å². The second kappa shape index (κ2) is 8.55. The molecule has 0 fully saturated rings. The summed E-state index contributed by atoms with van der Waals surface area (Å²) in [7, 11) is 0. The van der Waals surface area contributed by atoms with E-state index in [2.05, 4.69) is 45.3 Å². The molecule has 0 radical (unpaired) electrons. The van der Waals surface area contributed by atoms with Gasteiger partial charge in [0, 0.05) is 11.0 Å². The normalized spacial score (nSPS) is 11.1. The van der Waals surface area contributed by atoms with E-state index in [0.717, 1.165) is 16.7 Å². The van der Waals surface area contributed by atoms with Crippen molar-refractivity contribution in [2.24, 2.45) is 5.92 Å². The van der Waals surface area contributed by atoms with E-state index in [4.69, 9.17) is 4.42 Å². The Bertz CT molecular complexity index is 877. The lowest BCUT2D eigenvalue weighted by atomic mass is 10.2. The highest BCUT2D eigenvalue weighted by molar-refractivity contribution is 9.10. The number of para-hydroxylation sites is 1. The van der Waals surface area contributed by atoms with E-state index in [1.807, 2.05) is 41.0 Å². The standard InChI is InChI=1S/C18H19BrN4O2S/c1-12(2)10-23-17(15-8-5-9-25-15)21-22-18(23)26-11-16(24)20-14-7-4-3-6-13(14)19/h3-9,12H,10-11H2,1-2H3,(H,20,24). The van der Waals surface area contributed by atoms with E-state index in [0.29, 0.717) is 22.7 Å². The highest BCUT2D eigenvalue weighted by Crippen LogP contribution is 2.26. The number of carbonyl (C=O) groups excluding carboxylic acids is 1. The number of furan rings is 1. The average molecular weight is 435 g/mol. The van der Waals surface area contributed by atoms with Crippen molar-refractivity contribution in [3.05, 3.63) is 47.1 Å². The van der Waals surface area contributed by atoms with Crippen molar-refractivity contribution < 1.29 is 9.21 Å². The second-order valence-electron chi connectivity index (χ2n) is 6.10. The van der Waals surface area contributed by atoms with Gasteiger partial charge in [-0.2, -0.15) is 0 Å². The Morgan fingerprint density at radius 2 is 2.08 bits per heavy atom. The van der Waals surface area contributed by atoms with Crippen LogP contribution in [0, 0.1) is 5.92 Å². The van der Waals surface area contributed by atoms with E-state index < -0.39 is 0 Å². The Morgan fingerprint density at radius 3 is 2.77 bits per heavy atom. The molecule has 3 rings (SSSR count). The van der Waals surface area contributed by atoms with E-state index in [1.165, 1.54) is 11.8 Å². The van der Waals surface area contributed by atoms with Crippen molar-refractivity contribution in [3.8, 4) is 11.6 Å². The lowest BCUT2D eigenvalue weighted by molar-refractivity contribution is -0.113. The van der Waals surface area contributed by atoms with Crippen LogP contribution >= 0.6 is 27.7 Å². The molecule has 0 saturated carbocycles. The molecule has 26 heavy (non-hydrogen) atoms. The maximum absolute atomic E-state index is 12.3. The van der Waals surface area contributed by atoms with Crippen molar-refractivity contribution in [3.63, 3.8) is 0 Å². The van der Waals surface area contributed by atoms with Gasteiger partial charge in [0.25, 0.3) is 0 Å². The molecule has 0 aliphatic heterocycles. The van der Waals surface area contributed by atoms with Crippen molar-refractivity contribution in [1.82, 2.24) is 14.8 Å². The number of nitrogens with zero attached hydrogens (tertiary/aromatic N) is 3. The summed E-state index contributed by atoms with van der Waals surface area (Å²) >= 11 is 4.79. The van der Waals surface area contributed by atoms with Gasteiger partial charge in [-0.3, -0.25) is 9.36 Å². The molecule has 3 aromatic rings. The fourth-order valence-corrected chi connectivity index (χ4v) is 3.52. The maximum atomic E-state index is 12.3. The van der Waals surface area contributed by atoms with Crippen LogP contribution in [0.25, 0.3) is 11.6 Å². The molecule has 1 N–H and O–H groups in total. The minimum atomic E-state index is -0.0967. The molecule has 0 spiro atoms. The van der Waals surface area contributed by atoms with Gasteiger partial charge in [-0.25, -0.2) is 0 Å². The van der Waals surface area contributed by atoms with E-state index >= 15 is 0 Å². The summed E-state index contributed by atoms with van der Waals surface area (Å²) in [4.78, 5) is 12.3. The van der Waals surface area contributed by atoms with Crippen LogP contribution in [-0.2, 0) is 11.3 Å². The number of benzene rings is 1. The van der Waals surface area contributed by atoms with Crippen molar-refractivity contribution in [1.29, 1.82) is 0 Å². The van der Waals surface area contributed by atoms with Crippen molar-refractivity contribution in [2.45, 2.75) is 25.5 Å². The molecule has 8 heteroatoms. The highest BCUT2D eigenvalue weighted by Gasteiger charge is 2.18. The Hall–Kier alpha value is -2.06. The Balaban J connectivity index is 1.71. The van der Waals surface area contributed by atoms with Gasteiger partial charge in [-0.1, -0.05) is 37.7 Å². The average Bonchev–Trinajstić information content (AvgIpc) is 3.24. The van der Waals surface area contributed by atoms with E-state index in [1.54, 1.807) is 6.26 Å².